The van der Waals surface area contributed by atoms with Crippen LogP contribution in [0.3, 0.4) is 0 Å². The standard InChI is InChI=1S/C19H30N4O/c1-15-6-8-17(9-7-15)22(2)19(24)21-16-10-13-23(14-11-16)18-5-3-4-12-20-18/h3-5,12,15-17H,6-11,13-14H2,1-2H3,(H,21,24). The van der Waals surface area contributed by atoms with Crippen LogP contribution < -0.4 is 10.2 Å². The molecule has 5 nitrogen and oxygen atoms in total. The van der Waals surface area contributed by atoms with Crippen molar-refractivity contribution in [2.75, 3.05) is 25.0 Å². The van der Waals surface area contributed by atoms with Crippen molar-refractivity contribution in [1.29, 1.82) is 0 Å². The summed E-state index contributed by atoms with van der Waals surface area (Å²) in [6.45, 7) is 4.21. The van der Waals surface area contributed by atoms with E-state index in [1.54, 1.807) is 0 Å². The highest BCUT2D eigenvalue weighted by molar-refractivity contribution is 5.74. The van der Waals surface area contributed by atoms with Gasteiger partial charge in [-0.2, -0.15) is 0 Å². The first-order chi connectivity index (χ1) is 11.6. The van der Waals surface area contributed by atoms with Crippen LogP contribution in [-0.2, 0) is 0 Å². The van der Waals surface area contributed by atoms with E-state index in [-0.39, 0.29) is 12.1 Å². The number of rotatable bonds is 3. The molecule has 1 aliphatic carbocycles. The van der Waals surface area contributed by atoms with Gasteiger partial charge in [0.2, 0.25) is 0 Å². The van der Waals surface area contributed by atoms with Gasteiger partial charge in [0, 0.05) is 38.4 Å². The van der Waals surface area contributed by atoms with Gasteiger partial charge in [-0.05, 0) is 56.6 Å². The van der Waals surface area contributed by atoms with Gasteiger partial charge < -0.3 is 15.1 Å². The maximum atomic E-state index is 12.5. The topological polar surface area (TPSA) is 48.5 Å². The molecule has 0 unspecified atom stereocenters. The zero-order valence-corrected chi connectivity index (χ0v) is 14.9. The Bertz CT molecular complexity index is 519. The molecule has 0 radical (unpaired) electrons. The van der Waals surface area contributed by atoms with Crippen molar-refractivity contribution >= 4 is 11.8 Å². The second-order valence-electron chi connectivity index (χ2n) is 7.42. The lowest BCUT2D eigenvalue weighted by Gasteiger charge is -2.37. The maximum Gasteiger partial charge on any atom is 0.317 e. The summed E-state index contributed by atoms with van der Waals surface area (Å²) in [5, 5.41) is 3.24. The Hall–Kier alpha value is -1.78. The van der Waals surface area contributed by atoms with Crippen molar-refractivity contribution in [2.45, 2.75) is 57.5 Å². The van der Waals surface area contributed by atoms with Gasteiger partial charge in [-0.15, -0.1) is 0 Å². The zero-order chi connectivity index (χ0) is 16.9. The molecular weight excluding hydrogens is 300 g/mol. The number of piperidine rings is 1. The van der Waals surface area contributed by atoms with Crippen LogP contribution in [0.2, 0.25) is 0 Å². The predicted octanol–water partition coefficient (Wildman–Crippen LogP) is 3.27. The second-order valence-corrected chi connectivity index (χ2v) is 7.42. The molecule has 5 heteroatoms. The summed E-state index contributed by atoms with van der Waals surface area (Å²) in [7, 11) is 1.96. The normalized spacial score (nSPS) is 25.3. The highest BCUT2D eigenvalue weighted by Crippen LogP contribution is 2.26. The van der Waals surface area contributed by atoms with E-state index in [1.807, 2.05) is 30.3 Å². The first-order valence-electron chi connectivity index (χ1n) is 9.33. The van der Waals surface area contributed by atoms with Gasteiger partial charge in [-0.25, -0.2) is 9.78 Å². The minimum absolute atomic E-state index is 0.103. The molecule has 1 aliphatic heterocycles. The first-order valence-corrected chi connectivity index (χ1v) is 9.33. The number of aromatic nitrogens is 1. The van der Waals surface area contributed by atoms with E-state index in [9.17, 15) is 4.79 Å². The summed E-state index contributed by atoms with van der Waals surface area (Å²) < 4.78 is 0. The third-order valence-corrected chi connectivity index (χ3v) is 5.65. The predicted molar refractivity (Wildman–Crippen MR) is 97.2 cm³/mol. The minimum atomic E-state index is 0.103. The average molecular weight is 330 g/mol. The molecule has 1 saturated heterocycles. The Morgan fingerprint density at radius 2 is 1.88 bits per heavy atom. The summed E-state index contributed by atoms with van der Waals surface area (Å²) in [6.07, 6.45) is 8.57. The number of hydrogen-bond donors (Lipinski definition) is 1. The van der Waals surface area contributed by atoms with Crippen molar-refractivity contribution in [3.8, 4) is 0 Å². The van der Waals surface area contributed by atoms with Crippen molar-refractivity contribution in [2.24, 2.45) is 5.92 Å². The number of carbonyl (C=O) groups excluding carboxylic acids is 1. The second kappa shape index (κ2) is 7.86. The fourth-order valence-electron chi connectivity index (χ4n) is 3.87. The number of carbonyl (C=O) groups is 1. The highest BCUT2D eigenvalue weighted by atomic mass is 16.2. The lowest BCUT2D eigenvalue weighted by atomic mass is 9.87. The monoisotopic (exact) mass is 330 g/mol. The summed E-state index contributed by atoms with van der Waals surface area (Å²) in [5.41, 5.74) is 0. The zero-order valence-electron chi connectivity index (χ0n) is 14.9. The maximum absolute atomic E-state index is 12.5. The average Bonchev–Trinajstić information content (AvgIpc) is 2.63. The fraction of sp³-hybridized carbons (Fsp3) is 0.684. The van der Waals surface area contributed by atoms with E-state index >= 15 is 0 Å². The molecule has 0 bridgehead atoms. The van der Waals surface area contributed by atoms with Crippen LogP contribution in [0.5, 0.6) is 0 Å². The van der Waals surface area contributed by atoms with Crippen LogP contribution in [0.25, 0.3) is 0 Å². The molecule has 2 amide bonds. The number of urea groups is 1. The number of pyridine rings is 1. The first kappa shape index (κ1) is 17.1. The van der Waals surface area contributed by atoms with Gasteiger partial charge in [0.1, 0.15) is 5.82 Å². The molecule has 1 saturated carbocycles. The van der Waals surface area contributed by atoms with E-state index in [2.05, 4.69) is 28.2 Å². The molecule has 0 spiro atoms. The van der Waals surface area contributed by atoms with Crippen LogP contribution >= 0.6 is 0 Å². The molecule has 24 heavy (non-hydrogen) atoms. The SMILES string of the molecule is CC1CCC(N(C)C(=O)NC2CCN(c3ccccn3)CC2)CC1. The number of anilines is 1. The fourth-order valence-corrected chi connectivity index (χ4v) is 3.87. The Labute approximate surface area is 145 Å². The molecule has 0 aromatic carbocycles. The van der Waals surface area contributed by atoms with Crippen LogP contribution in [0.15, 0.2) is 24.4 Å². The molecule has 1 N–H and O–H groups in total. The molecule has 0 atom stereocenters. The molecule has 2 aliphatic rings. The smallest absolute Gasteiger partial charge is 0.317 e. The summed E-state index contributed by atoms with van der Waals surface area (Å²) in [5.74, 6) is 1.85. The van der Waals surface area contributed by atoms with Gasteiger partial charge >= 0.3 is 6.03 Å². The van der Waals surface area contributed by atoms with Gasteiger partial charge in [0.15, 0.2) is 0 Å². The van der Waals surface area contributed by atoms with E-state index < -0.39 is 0 Å². The van der Waals surface area contributed by atoms with Gasteiger partial charge in [0.05, 0.1) is 0 Å². The van der Waals surface area contributed by atoms with Crippen molar-refractivity contribution < 1.29 is 4.79 Å². The number of nitrogens with zero attached hydrogens (tertiary/aromatic N) is 3. The van der Waals surface area contributed by atoms with Gasteiger partial charge in [0.25, 0.3) is 0 Å². The molecular formula is C19H30N4O. The van der Waals surface area contributed by atoms with Gasteiger partial charge in [-0.3, -0.25) is 0 Å². The molecule has 1 aromatic heterocycles. The number of hydrogen-bond acceptors (Lipinski definition) is 3. The van der Waals surface area contributed by atoms with Crippen LogP contribution in [0.1, 0.15) is 45.4 Å². The quantitative estimate of drug-likeness (QED) is 0.925. The van der Waals surface area contributed by atoms with E-state index in [0.717, 1.165) is 50.5 Å². The van der Waals surface area contributed by atoms with Crippen LogP contribution in [0, 0.1) is 5.92 Å². The third kappa shape index (κ3) is 4.19. The van der Waals surface area contributed by atoms with E-state index in [4.69, 9.17) is 0 Å². The third-order valence-electron chi connectivity index (χ3n) is 5.65. The van der Waals surface area contributed by atoms with Crippen molar-refractivity contribution in [3.63, 3.8) is 0 Å². The summed E-state index contributed by atoms with van der Waals surface area (Å²) in [4.78, 5) is 21.2. The number of nitrogens with one attached hydrogen (secondary N) is 1. The molecule has 3 rings (SSSR count). The Balaban J connectivity index is 1.44. The molecule has 2 heterocycles. The number of amides is 2. The molecule has 2 fully saturated rings. The van der Waals surface area contributed by atoms with Crippen LogP contribution in [-0.4, -0.2) is 48.1 Å². The minimum Gasteiger partial charge on any atom is -0.356 e. The summed E-state index contributed by atoms with van der Waals surface area (Å²) >= 11 is 0. The van der Waals surface area contributed by atoms with E-state index in [1.165, 1.54) is 12.8 Å². The van der Waals surface area contributed by atoms with Gasteiger partial charge in [-0.1, -0.05) is 13.0 Å². The Morgan fingerprint density at radius 3 is 2.50 bits per heavy atom. The summed E-state index contributed by atoms with van der Waals surface area (Å²) in [6, 6.07) is 6.81. The Morgan fingerprint density at radius 1 is 1.17 bits per heavy atom. The van der Waals surface area contributed by atoms with Crippen molar-refractivity contribution in [1.82, 2.24) is 15.2 Å². The molecule has 132 valence electrons. The van der Waals surface area contributed by atoms with Crippen LogP contribution in [0.4, 0.5) is 10.6 Å². The Kier molecular flexibility index (Phi) is 5.59. The lowest BCUT2D eigenvalue weighted by molar-refractivity contribution is 0.159. The highest BCUT2D eigenvalue weighted by Gasteiger charge is 2.27. The van der Waals surface area contributed by atoms with E-state index in [0.29, 0.717) is 6.04 Å². The largest absolute Gasteiger partial charge is 0.356 e. The van der Waals surface area contributed by atoms with Crippen molar-refractivity contribution in [3.05, 3.63) is 24.4 Å². The molecule has 1 aromatic rings. The lowest BCUT2D eigenvalue weighted by Crippen LogP contribution is -2.51.